The molecule has 33 heavy (non-hydrogen) atoms. The van der Waals surface area contributed by atoms with E-state index >= 15 is 0 Å². The molecular formula is C25H29N7O. The minimum Gasteiger partial charge on any atom is -0.355 e. The van der Waals surface area contributed by atoms with Gasteiger partial charge in [-0.15, -0.1) is 4.99 Å². The molecule has 3 heterocycles. The van der Waals surface area contributed by atoms with Crippen molar-refractivity contribution in [2.45, 2.75) is 32.1 Å². The Morgan fingerprint density at radius 2 is 2.06 bits per heavy atom. The van der Waals surface area contributed by atoms with Crippen LogP contribution >= 0.6 is 0 Å². The summed E-state index contributed by atoms with van der Waals surface area (Å²) in [5.41, 5.74) is 2.52. The van der Waals surface area contributed by atoms with Crippen LogP contribution < -0.4 is 10.6 Å². The van der Waals surface area contributed by atoms with Crippen LogP contribution in [0.4, 0.5) is 5.69 Å². The molecule has 1 atom stereocenters. The first kappa shape index (κ1) is 22.3. The Balaban J connectivity index is 1.14. The van der Waals surface area contributed by atoms with Crippen LogP contribution in [-0.4, -0.2) is 46.4 Å². The number of H-pyrrole nitrogens is 1. The number of hydrogen-bond donors (Lipinski definition) is 3. The Kier molecular flexibility index (Phi) is 7.54. The van der Waals surface area contributed by atoms with Gasteiger partial charge in [0.15, 0.2) is 0 Å². The summed E-state index contributed by atoms with van der Waals surface area (Å²) in [6.45, 7) is 2.41. The van der Waals surface area contributed by atoms with E-state index in [1.54, 1.807) is 12.4 Å². The Morgan fingerprint density at radius 3 is 2.88 bits per heavy atom. The lowest BCUT2D eigenvalue weighted by Gasteiger charge is -2.15. The highest BCUT2D eigenvalue weighted by Crippen LogP contribution is 2.24. The second-order valence-electron chi connectivity index (χ2n) is 8.37. The molecule has 1 aromatic carbocycles. The summed E-state index contributed by atoms with van der Waals surface area (Å²) in [6, 6.07) is 13.6. The maximum absolute atomic E-state index is 12.9. The lowest BCUT2D eigenvalue weighted by atomic mass is 10.0. The highest BCUT2D eigenvalue weighted by molar-refractivity contribution is 5.98. The van der Waals surface area contributed by atoms with Crippen LogP contribution in [0.1, 0.15) is 42.6 Å². The number of anilines is 1. The predicted octanol–water partition coefficient (Wildman–Crippen LogP) is 4.12. The van der Waals surface area contributed by atoms with Crippen LogP contribution in [0.25, 0.3) is 10.9 Å². The van der Waals surface area contributed by atoms with Crippen molar-refractivity contribution in [2.75, 3.05) is 25.0 Å². The second-order valence-corrected chi connectivity index (χ2v) is 8.37. The number of nitriles is 1. The minimum absolute atomic E-state index is 0.101. The van der Waals surface area contributed by atoms with Crippen molar-refractivity contribution in [1.29, 1.82) is 5.26 Å². The number of amides is 1. The lowest BCUT2D eigenvalue weighted by Crippen LogP contribution is -2.31. The molecule has 0 bridgehead atoms. The van der Waals surface area contributed by atoms with E-state index in [2.05, 4.69) is 25.6 Å². The summed E-state index contributed by atoms with van der Waals surface area (Å²) in [7, 11) is 0. The Bertz CT molecular complexity index is 1100. The molecular weight excluding hydrogens is 414 g/mol. The average Bonchev–Trinajstić information content (AvgIpc) is 3.49. The summed E-state index contributed by atoms with van der Waals surface area (Å²) in [6.07, 6.45) is 10.6. The minimum atomic E-state index is 0.101. The fraction of sp³-hybridized carbons (Fsp3) is 0.360. The number of carbonyl (C=O) groups is 1. The van der Waals surface area contributed by atoms with E-state index in [0.29, 0.717) is 17.6 Å². The molecule has 1 unspecified atom stereocenters. The second kappa shape index (κ2) is 11.1. The topological polar surface area (TPSA) is 109 Å². The van der Waals surface area contributed by atoms with E-state index in [-0.39, 0.29) is 5.91 Å². The lowest BCUT2D eigenvalue weighted by molar-refractivity contribution is 0.0781. The van der Waals surface area contributed by atoms with Gasteiger partial charge in [-0.1, -0.05) is 31.0 Å². The van der Waals surface area contributed by atoms with E-state index in [9.17, 15) is 4.79 Å². The van der Waals surface area contributed by atoms with Crippen LogP contribution in [0.3, 0.4) is 0 Å². The number of benzene rings is 1. The molecule has 8 heteroatoms. The van der Waals surface area contributed by atoms with Crippen LogP contribution in [-0.2, 0) is 0 Å². The van der Waals surface area contributed by atoms with Crippen LogP contribution in [0, 0.1) is 17.4 Å². The van der Waals surface area contributed by atoms with Gasteiger partial charge in [-0.3, -0.25) is 9.78 Å². The number of unbranched alkanes of at least 4 members (excludes halogenated alkanes) is 2. The number of pyridine rings is 1. The molecule has 3 N–H and O–H groups in total. The smallest absolute Gasteiger partial charge is 0.270 e. The van der Waals surface area contributed by atoms with Gasteiger partial charge >= 0.3 is 0 Å². The van der Waals surface area contributed by atoms with E-state index in [1.165, 1.54) is 0 Å². The molecule has 2 aromatic heterocycles. The summed E-state index contributed by atoms with van der Waals surface area (Å²) < 4.78 is 0. The SMILES string of the molecule is N#C/N=C(/NCCCCCC1CCN(C(=O)c2cc3ccccc3[nH]2)C1)Nc1ccncc1. The van der Waals surface area contributed by atoms with Crippen molar-refractivity contribution in [2.24, 2.45) is 10.9 Å². The number of hydrogen-bond acceptors (Lipinski definition) is 4. The van der Waals surface area contributed by atoms with Gasteiger partial charge in [0.25, 0.3) is 5.91 Å². The molecule has 1 aliphatic heterocycles. The van der Waals surface area contributed by atoms with Gasteiger partial charge in [-0.05, 0) is 49.4 Å². The molecule has 170 valence electrons. The molecule has 8 nitrogen and oxygen atoms in total. The van der Waals surface area contributed by atoms with E-state index in [1.807, 2.05) is 53.6 Å². The highest BCUT2D eigenvalue weighted by atomic mass is 16.2. The van der Waals surface area contributed by atoms with Crippen molar-refractivity contribution in [1.82, 2.24) is 20.2 Å². The van der Waals surface area contributed by atoms with Crippen molar-refractivity contribution < 1.29 is 4.79 Å². The Hall–Kier alpha value is -3.86. The third kappa shape index (κ3) is 6.10. The molecule has 0 saturated carbocycles. The monoisotopic (exact) mass is 443 g/mol. The standard InChI is InChI=1S/C25H29N7O/c26-18-29-25(30-21-9-13-27-14-10-21)28-12-5-1-2-6-19-11-15-32(17-19)24(33)23-16-20-7-3-4-8-22(20)31-23/h3-4,7-10,13-14,16,19,31H,1-2,5-6,11-12,15,17H2,(H2,27,28,29,30). The number of carbonyl (C=O) groups excluding carboxylic acids is 1. The molecule has 1 fully saturated rings. The molecule has 0 radical (unpaired) electrons. The Labute approximate surface area is 193 Å². The van der Waals surface area contributed by atoms with Crippen molar-refractivity contribution in [3.8, 4) is 6.19 Å². The number of likely N-dealkylation sites (tertiary alicyclic amines) is 1. The molecule has 1 saturated heterocycles. The summed E-state index contributed by atoms with van der Waals surface area (Å²) >= 11 is 0. The zero-order valence-electron chi connectivity index (χ0n) is 18.6. The average molecular weight is 444 g/mol. The number of aromatic nitrogens is 2. The van der Waals surface area contributed by atoms with Crippen molar-refractivity contribution in [3.05, 3.63) is 60.6 Å². The first-order chi connectivity index (χ1) is 16.2. The summed E-state index contributed by atoms with van der Waals surface area (Å²) in [5, 5.41) is 16.2. The highest BCUT2D eigenvalue weighted by Gasteiger charge is 2.27. The third-order valence-electron chi connectivity index (χ3n) is 6.02. The first-order valence-electron chi connectivity index (χ1n) is 11.5. The van der Waals surface area contributed by atoms with E-state index in [0.717, 1.165) is 68.3 Å². The fourth-order valence-corrected chi connectivity index (χ4v) is 4.29. The fourth-order valence-electron chi connectivity index (χ4n) is 4.29. The number of rotatable bonds is 8. The van der Waals surface area contributed by atoms with Crippen molar-refractivity contribution in [3.63, 3.8) is 0 Å². The van der Waals surface area contributed by atoms with Gasteiger partial charge in [0.2, 0.25) is 12.2 Å². The summed E-state index contributed by atoms with van der Waals surface area (Å²) in [5.74, 6) is 1.12. The largest absolute Gasteiger partial charge is 0.355 e. The molecule has 1 amide bonds. The van der Waals surface area contributed by atoms with Gasteiger partial charge in [0, 0.05) is 48.6 Å². The zero-order valence-corrected chi connectivity index (χ0v) is 18.6. The summed E-state index contributed by atoms with van der Waals surface area (Å²) in [4.78, 5) is 25.9. The molecule has 0 spiro atoms. The maximum Gasteiger partial charge on any atom is 0.270 e. The molecule has 0 aliphatic carbocycles. The Morgan fingerprint density at radius 1 is 1.21 bits per heavy atom. The third-order valence-corrected chi connectivity index (χ3v) is 6.02. The molecule has 3 aromatic rings. The number of guanidine groups is 1. The van der Waals surface area contributed by atoms with Crippen LogP contribution in [0.2, 0.25) is 0 Å². The van der Waals surface area contributed by atoms with Crippen LogP contribution in [0.15, 0.2) is 59.9 Å². The zero-order chi connectivity index (χ0) is 22.9. The number of fused-ring (bicyclic) bond motifs is 1. The van der Waals surface area contributed by atoms with Crippen molar-refractivity contribution >= 4 is 28.5 Å². The number of aliphatic imine (C=N–C) groups is 1. The number of nitrogens with one attached hydrogen (secondary N) is 3. The quantitative estimate of drug-likeness (QED) is 0.210. The van der Waals surface area contributed by atoms with Crippen LogP contribution in [0.5, 0.6) is 0 Å². The molecule has 1 aliphatic rings. The van der Waals surface area contributed by atoms with E-state index < -0.39 is 0 Å². The van der Waals surface area contributed by atoms with Gasteiger partial charge < -0.3 is 20.5 Å². The maximum atomic E-state index is 12.9. The number of nitrogens with zero attached hydrogens (tertiary/aromatic N) is 4. The molecule has 4 rings (SSSR count). The predicted molar refractivity (Wildman–Crippen MR) is 130 cm³/mol. The van der Waals surface area contributed by atoms with Gasteiger partial charge in [-0.25, -0.2) is 0 Å². The number of aromatic amines is 1. The first-order valence-corrected chi connectivity index (χ1v) is 11.5. The van der Waals surface area contributed by atoms with Gasteiger partial charge in [0.05, 0.1) is 0 Å². The normalized spacial score (nSPS) is 16.0. The number of para-hydroxylation sites is 1. The van der Waals surface area contributed by atoms with E-state index in [4.69, 9.17) is 5.26 Å². The van der Waals surface area contributed by atoms with Gasteiger partial charge in [-0.2, -0.15) is 5.26 Å². The van der Waals surface area contributed by atoms with Gasteiger partial charge in [0.1, 0.15) is 5.69 Å².